The van der Waals surface area contributed by atoms with E-state index >= 15 is 0 Å². The van der Waals surface area contributed by atoms with Gasteiger partial charge in [-0.05, 0) is 43.5 Å². The highest BCUT2D eigenvalue weighted by Crippen LogP contribution is 2.34. The van der Waals surface area contributed by atoms with Gasteiger partial charge in [-0.15, -0.1) is 0 Å². The van der Waals surface area contributed by atoms with Crippen LogP contribution < -0.4 is 25.4 Å². The number of carbonyl (C=O) groups is 2. The molecule has 2 aromatic carbocycles. The molecule has 0 saturated carbocycles. The smallest absolute Gasteiger partial charge is 0.319 e. The zero-order valence-corrected chi connectivity index (χ0v) is 18.2. The van der Waals surface area contributed by atoms with Gasteiger partial charge in [0.15, 0.2) is 11.5 Å². The van der Waals surface area contributed by atoms with E-state index < -0.39 is 6.04 Å². The number of nitrogens with one attached hydrogen (secondary N) is 3. The molecule has 1 aliphatic rings. The van der Waals surface area contributed by atoms with E-state index in [1.165, 1.54) is 0 Å². The van der Waals surface area contributed by atoms with E-state index in [1.54, 1.807) is 6.92 Å². The molecule has 0 aromatic heterocycles. The van der Waals surface area contributed by atoms with Crippen molar-refractivity contribution < 1.29 is 19.1 Å². The van der Waals surface area contributed by atoms with Gasteiger partial charge in [-0.1, -0.05) is 43.3 Å². The van der Waals surface area contributed by atoms with Gasteiger partial charge in [0.1, 0.15) is 0 Å². The molecule has 1 heterocycles. The Bertz CT molecular complexity index is 957. The van der Waals surface area contributed by atoms with E-state index in [-0.39, 0.29) is 11.9 Å². The lowest BCUT2D eigenvalue weighted by Gasteiger charge is -2.29. The fourth-order valence-corrected chi connectivity index (χ4v) is 3.42. The van der Waals surface area contributed by atoms with Crippen LogP contribution in [0.5, 0.6) is 11.5 Å². The zero-order chi connectivity index (χ0) is 22.2. The van der Waals surface area contributed by atoms with Crippen LogP contribution in [-0.4, -0.2) is 25.2 Å². The van der Waals surface area contributed by atoms with Gasteiger partial charge in [0, 0.05) is 12.2 Å². The van der Waals surface area contributed by atoms with E-state index in [0.717, 1.165) is 17.5 Å². The molecule has 0 aliphatic carbocycles. The first-order valence-electron chi connectivity index (χ1n) is 10.5. The first kappa shape index (κ1) is 22.2. The highest BCUT2D eigenvalue weighted by molar-refractivity contribution is 5.98. The third-order valence-corrected chi connectivity index (χ3v) is 4.87. The van der Waals surface area contributed by atoms with E-state index in [0.29, 0.717) is 42.5 Å². The van der Waals surface area contributed by atoms with Gasteiger partial charge >= 0.3 is 6.03 Å². The van der Waals surface area contributed by atoms with E-state index in [1.807, 2.05) is 62.4 Å². The number of rotatable bonds is 9. The maximum atomic E-state index is 13.1. The van der Waals surface area contributed by atoms with Crippen molar-refractivity contribution in [2.45, 2.75) is 39.8 Å². The molecule has 1 aliphatic heterocycles. The lowest BCUT2D eigenvalue weighted by atomic mass is 9.94. The Kier molecular flexibility index (Phi) is 7.54. The summed E-state index contributed by atoms with van der Waals surface area (Å²) < 4.78 is 11.5. The summed E-state index contributed by atoms with van der Waals surface area (Å²) in [7, 11) is 0. The average Bonchev–Trinajstić information content (AvgIpc) is 2.77. The molecule has 0 saturated heterocycles. The molecule has 3 amide bonds. The van der Waals surface area contributed by atoms with Crippen molar-refractivity contribution >= 4 is 11.9 Å². The van der Waals surface area contributed by atoms with Crippen LogP contribution in [0.25, 0.3) is 0 Å². The molecule has 0 spiro atoms. The Morgan fingerprint density at radius 3 is 2.55 bits per heavy atom. The number of allylic oxidation sites excluding steroid dienone is 1. The fourth-order valence-electron chi connectivity index (χ4n) is 3.42. The van der Waals surface area contributed by atoms with Gasteiger partial charge in [-0.25, -0.2) is 4.79 Å². The Balaban J connectivity index is 1.88. The molecule has 3 rings (SSSR count). The van der Waals surface area contributed by atoms with Gasteiger partial charge in [-0.2, -0.15) is 0 Å². The molecule has 1 unspecified atom stereocenters. The number of benzene rings is 2. The second kappa shape index (κ2) is 10.5. The van der Waals surface area contributed by atoms with Crippen LogP contribution in [0.3, 0.4) is 0 Å². The van der Waals surface area contributed by atoms with Crippen molar-refractivity contribution in [2.75, 3.05) is 13.2 Å². The number of ether oxygens (including phenoxy) is 2. The quantitative estimate of drug-likeness (QED) is 0.572. The molecule has 0 fully saturated rings. The Hall–Kier alpha value is -3.48. The van der Waals surface area contributed by atoms with Crippen LogP contribution >= 0.6 is 0 Å². The third kappa shape index (κ3) is 5.57. The van der Waals surface area contributed by atoms with Gasteiger partial charge in [-0.3, -0.25) is 4.79 Å². The van der Waals surface area contributed by atoms with Crippen LogP contribution in [0, 0.1) is 0 Å². The Labute approximate surface area is 182 Å². The van der Waals surface area contributed by atoms with Crippen molar-refractivity contribution in [1.82, 2.24) is 16.0 Å². The Morgan fingerprint density at radius 2 is 1.84 bits per heavy atom. The zero-order valence-electron chi connectivity index (χ0n) is 18.2. The van der Waals surface area contributed by atoms with Crippen LogP contribution in [0.2, 0.25) is 0 Å². The molecular weight excluding hydrogens is 394 g/mol. The summed E-state index contributed by atoms with van der Waals surface area (Å²) in [5.74, 6) is 0.981. The van der Waals surface area contributed by atoms with E-state index in [4.69, 9.17) is 9.47 Å². The Morgan fingerprint density at radius 1 is 1.06 bits per heavy atom. The van der Waals surface area contributed by atoms with Crippen molar-refractivity contribution in [1.29, 1.82) is 0 Å². The number of amides is 3. The number of hydrogen-bond donors (Lipinski definition) is 3. The second-order valence-corrected chi connectivity index (χ2v) is 7.23. The number of hydrogen-bond acceptors (Lipinski definition) is 4. The SMILES string of the molecule is CCCOc1ccc(C2NC(=O)NC(C)=C2C(=O)NCc2ccccc2)cc1OCC. The highest BCUT2D eigenvalue weighted by Gasteiger charge is 2.31. The molecular formula is C24H29N3O4. The van der Waals surface area contributed by atoms with Crippen LogP contribution in [0.4, 0.5) is 4.79 Å². The number of urea groups is 1. The first-order chi connectivity index (χ1) is 15.0. The number of carbonyl (C=O) groups excluding carboxylic acids is 2. The molecule has 7 nitrogen and oxygen atoms in total. The lowest BCUT2D eigenvalue weighted by Crippen LogP contribution is -2.46. The predicted molar refractivity (Wildman–Crippen MR) is 119 cm³/mol. The topological polar surface area (TPSA) is 88.7 Å². The van der Waals surface area contributed by atoms with Gasteiger partial charge in [0.05, 0.1) is 24.8 Å². The maximum Gasteiger partial charge on any atom is 0.319 e. The summed E-state index contributed by atoms with van der Waals surface area (Å²) >= 11 is 0. The highest BCUT2D eigenvalue weighted by atomic mass is 16.5. The largest absolute Gasteiger partial charge is 0.490 e. The lowest BCUT2D eigenvalue weighted by molar-refractivity contribution is -0.118. The monoisotopic (exact) mass is 423 g/mol. The van der Waals surface area contributed by atoms with Crippen molar-refractivity contribution in [3.8, 4) is 11.5 Å². The van der Waals surface area contributed by atoms with Crippen LogP contribution in [0.1, 0.15) is 44.4 Å². The molecule has 0 bridgehead atoms. The van der Waals surface area contributed by atoms with Crippen molar-refractivity contribution in [2.24, 2.45) is 0 Å². The van der Waals surface area contributed by atoms with E-state index in [2.05, 4.69) is 16.0 Å². The van der Waals surface area contributed by atoms with Gasteiger partial charge in [0.2, 0.25) is 0 Å². The van der Waals surface area contributed by atoms with Gasteiger partial charge < -0.3 is 25.4 Å². The van der Waals surface area contributed by atoms with Crippen LogP contribution in [0.15, 0.2) is 59.8 Å². The standard InChI is InChI=1S/C24H29N3O4/c1-4-13-31-19-12-11-18(14-20(19)30-5-2)22-21(16(3)26-24(29)27-22)23(28)25-15-17-9-7-6-8-10-17/h6-12,14,22H,4-5,13,15H2,1-3H3,(H,25,28)(H2,26,27,29). The molecule has 3 N–H and O–H groups in total. The molecule has 31 heavy (non-hydrogen) atoms. The van der Waals surface area contributed by atoms with E-state index in [9.17, 15) is 9.59 Å². The molecule has 164 valence electrons. The average molecular weight is 424 g/mol. The summed E-state index contributed by atoms with van der Waals surface area (Å²) in [6, 6.07) is 14.2. The molecule has 1 atom stereocenters. The minimum atomic E-state index is -0.607. The summed E-state index contributed by atoms with van der Waals surface area (Å²) in [6.07, 6.45) is 0.880. The molecule has 7 heteroatoms. The summed E-state index contributed by atoms with van der Waals surface area (Å²) in [6.45, 7) is 7.11. The fraction of sp³-hybridized carbons (Fsp3) is 0.333. The second-order valence-electron chi connectivity index (χ2n) is 7.23. The van der Waals surface area contributed by atoms with Crippen molar-refractivity contribution in [3.63, 3.8) is 0 Å². The van der Waals surface area contributed by atoms with Crippen LogP contribution in [-0.2, 0) is 11.3 Å². The first-order valence-corrected chi connectivity index (χ1v) is 10.5. The molecule has 2 aromatic rings. The summed E-state index contributed by atoms with van der Waals surface area (Å²) in [5.41, 5.74) is 2.71. The van der Waals surface area contributed by atoms with Crippen molar-refractivity contribution in [3.05, 3.63) is 70.9 Å². The third-order valence-electron chi connectivity index (χ3n) is 4.87. The predicted octanol–water partition coefficient (Wildman–Crippen LogP) is 3.82. The normalized spacial score (nSPS) is 15.7. The molecule has 0 radical (unpaired) electrons. The summed E-state index contributed by atoms with van der Waals surface area (Å²) in [5, 5.41) is 8.51. The maximum absolute atomic E-state index is 13.1. The summed E-state index contributed by atoms with van der Waals surface area (Å²) in [4.78, 5) is 25.3. The van der Waals surface area contributed by atoms with Gasteiger partial charge in [0.25, 0.3) is 5.91 Å². The minimum Gasteiger partial charge on any atom is -0.490 e. The minimum absolute atomic E-state index is 0.247.